The van der Waals surface area contributed by atoms with Gasteiger partial charge in [-0.1, -0.05) is 24.3 Å². The minimum Gasteiger partial charge on any atom is -0.496 e. The molecular formula is C17H19IO2. The van der Waals surface area contributed by atoms with E-state index in [9.17, 15) is 5.11 Å². The van der Waals surface area contributed by atoms with Gasteiger partial charge in [-0.15, -0.1) is 0 Å². The average molecular weight is 382 g/mol. The molecule has 0 aliphatic rings. The molecule has 0 aliphatic carbocycles. The van der Waals surface area contributed by atoms with Crippen LogP contribution >= 0.6 is 22.6 Å². The molecule has 2 aromatic rings. The number of hydrogen-bond acceptors (Lipinski definition) is 2. The molecule has 106 valence electrons. The standard InChI is InChI=1S/C17H19IO2/c1-11-5-10-15(16(20-4)12(11)2)17(3,19)13-6-8-14(18)9-7-13/h5-10,19H,1-4H3. The minimum absolute atomic E-state index is 0.758. The lowest BCUT2D eigenvalue weighted by molar-refractivity contribution is 0.0988. The predicted molar refractivity (Wildman–Crippen MR) is 90.3 cm³/mol. The van der Waals surface area contributed by atoms with E-state index in [2.05, 4.69) is 22.6 Å². The van der Waals surface area contributed by atoms with E-state index in [1.54, 1.807) is 7.11 Å². The Labute approximate surface area is 133 Å². The molecule has 0 bridgehead atoms. The van der Waals surface area contributed by atoms with E-state index in [-0.39, 0.29) is 0 Å². The number of halogens is 1. The van der Waals surface area contributed by atoms with Crippen molar-refractivity contribution in [1.29, 1.82) is 0 Å². The fraction of sp³-hybridized carbons (Fsp3) is 0.294. The second-order valence-corrected chi connectivity index (χ2v) is 6.41. The maximum Gasteiger partial charge on any atom is 0.128 e. The van der Waals surface area contributed by atoms with Gasteiger partial charge < -0.3 is 9.84 Å². The molecular weight excluding hydrogens is 363 g/mol. The molecule has 0 fully saturated rings. The summed E-state index contributed by atoms with van der Waals surface area (Å²) in [6.45, 7) is 5.87. The molecule has 0 saturated heterocycles. The van der Waals surface area contributed by atoms with Crippen molar-refractivity contribution in [1.82, 2.24) is 0 Å². The van der Waals surface area contributed by atoms with E-state index in [0.717, 1.165) is 31.6 Å². The highest BCUT2D eigenvalue weighted by molar-refractivity contribution is 14.1. The van der Waals surface area contributed by atoms with Crippen LogP contribution in [-0.4, -0.2) is 12.2 Å². The summed E-state index contributed by atoms with van der Waals surface area (Å²) in [7, 11) is 1.65. The quantitative estimate of drug-likeness (QED) is 0.808. The molecule has 2 nitrogen and oxygen atoms in total. The maximum absolute atomic E-state index is 11.0. The Morgan fingerprint density at radius 3 is 2.20 bits per heavy atom. The Kier molecular flexibility index (Phi) is 4.39. The summed E-state index contributed by atoms with van der Waals surface area (Å²) in [6.07, 6.45) is 0. The van der Waals surface area contributed by atoms with E-state index >= 15 is 0 Å². The van der Waals surface area contributed by atoms with E-state index in [0.29, 0.717) is 0 Å². The largest absolute Gasteiger partial charge is 0.496 e. The van der Waals surface area contributed by atoms with Crippen molar-refractivity contribution in [3.63, 3.8) is 0 Å². The topological polar surface area (TPSA) is 29.5 Å². The average Bonchev–Trinajstić information content (AvgIpc) is 2.42. The Hall–Kier alpha value is -1.07. The van der Waals surface area contributed by atoms with Crippen molar-refractivity contribution in [3.05, 3.63) is 62.2 Å². The number of methoxy groups -OCH3 is 1. The van der Waals surface area contributed by atoms with Gasteiger partial charge in [0.15, 0.2) is 0 Å². The van der Waals surface area contributed by atoms with Crippen molar-refractivity contribution in [3.8, 4) is 5.75 Å². The van der Waals surface area contributed by atoms with Gasteiger partial charge in [0.1, 0.15) is 11.4 Å². The number of ether oxygens (including phenoxy) is 1. The highest BCUT2D eigenvalue weighted by Crippen LogP contribution is 2.38. The number of benzene rings is 2. The molecule has 2 rings (SSSR count). The van der Waals surface area contributed by atoms with Crippen LogP contribution in [0, 0.1) is 17.4 Å². The van der Waals surface area contributed by atoms with Crippen LogP contribution in [0.3, 0.4) is 0 Å². The third-order valence-electron chi connectivity index (χ3n) is 3.81. The highest BCUT2D eigenvalue weighted by Gasteiger charge is 2.30. The number of aliphatic hydroxyl groups is 1. The first-order valence-electron chi connectivity index (χ1n) is 6.51. The zero-order chi connectivity index (χ0) is 14.9. The van der Waals surface area contributed by atoms with Crippen molar-refractivity contribution in [2.45, 2.75) is 26.4 Å². The van der Waals surface area contributed by atoms with E-state index in [4.69, 9.17) is 4.74 Å². The van der Waals surface area contributed by atoms with Gasteiger partial charge in [0, 0.05) is 9.13 Å². The van der Waals surface area contributed by atoms with Crippen LogP contribution in [0.15, 0.2) is 36.4 Å². The van der Waals surface area contributed by atoms with Gasteiger partial charge in [0.25, 0.3) is 0 Å². The van der Waals surface area contributed by atoms with Gasteiger partial charge in [-0.3, -0.25) is 0 Å². The maximum atomic E-state index is 11.0. The second-order valence-electron chi connectivity index (χ2n) is 5.17. The van der Waals surface area contributed by atoms with Gasteiger partial charge in [0.2, 0.25) is 0 Å². The molecule has 0 aromatic heterocycles. The van der Waals surface area contributed by atoms with Gasteiger partial charge in [0.05, 0.1) is 7.11 Å². The summed E-state index contributed by atoms with van der Waals surface area (Å²) >= 11 is 2.26. The molecule has 2 aromatic carbocycles. The van der Waals surface area contributed by atoms with Crippen LogP contribution in [0.2, 0.25) is 0 Å². The Balaban J connectivity index is 2.59. The molecule has 0 spiro atoms. The molecule has 20 heavy (non-hydrogen) atoms. The first-order chi connectivity index (χ1) is 9.37. The number of hydrogen-bond donors (Lipinski definition) is 1. The minimum atomic E-state index is -1.08. The summed E-state index contributed by atoms with van der Waals surface area (Å²) in [4.78, 5) is 0. The molecule has 1 unspecified atom stereocenters. The fourth-order valence-corrected chi connectivity index (χ4v) is 2.73. The summed E-state index contributed by atoms with van der Waals surface area (Å²) in [6, 6.07) is 11.9. The molecule has 0 heterocycles. The lowest BCUT2D eigenvalue weighted by Gasteiger charge is -2.27. The molecule has 0 amide bonds. The number of aryl methyl sites for hydroxylation is 1. The summed E-state index contributed by atoms with van der Waals surface area (Å²) in [5, 5.41) is 11.0. The highest BCUT2D eigenvalue weighted by atomic mass is 127. The first kappa shape index (κ1) is 15.3. The molecule has 0 radical (unpaired) electrons. The molecule has 0 aliphatic heterocycles. The zero-order valence-electron chi connectivity index (χ0n) is 12.2. The Morgan fingerprint density at radius 2 is 1.65 bits per heavy atom. The Morgan fingerprint density at radius 1 is 1.05 bits per heavy atom. The Bertz CT molecular complexity index is 616. The fourth-order valence-electron chi connectivity index (χ4n) is 2.37. The smallest absolute Gasteiger partial charge is 0.128 e. The summed E-state index contributed by atoms with van der Waals surface area (Å²) < 4.78 is 6.67. The van der Waals surface area contributed by atoms with Crippen LogP contribution in [0.25, 0.3) is 0 Å². The zero-order valence-corrected chi connectivity index (χ0v) is 14.4. The van der Waals surface area contributed by atoms with E-state index in [1.807, 2.05) is 57.2 Å². The molecule has 0 saturated carbocycles. The van der Waals surface area contributed by atoms with E-state index < -0.39 is 5.60 Å². The lowest BCUT2D eigenvalue weighted by Crippen LogP contribution is -2.24. The molecule has 3 heteroatoms. The lowest BCUT2D eigenvalue weighted by atomic mass is 9.86. The summed E-state index contributed by atoms with van der Waals surface area (Å²) in [5.74, 6) is 0.758. The van der Waals surface area contributed by atoms with Crippen LogP contribution in [0.1, 0.15) is 29.2 Å². The van der Waals surface area contributed by atoms with Gasteiger partial charge in [-0.05, 0) is 72.2 Å². The summed E-state index contributed by atoms with van der Waals surface area (Å²) in [5.41, 5.74) is 2.80. The monoisotopic (exact) mass is 382 g/mol. The van der Waals surface area contributed by atoms with Crippen LogP contribution in [0.5, 0.6) is 5.75 Å². The normalized spacial score (nSPS) is 13.9. The molecule has 1 atom stereocenters. The van der Waals surface area contributed by atoms with Crippen LogP contribution in [-0.2, 0) is 5.60 Å². The van der Waals surface area contributed by atoms with Gasteiger partial charge >= 0.3 is 0 Å². The third kappa shape index (κ3) is 2.69. The van der Waals surface area contributed by atoms with Crippen LogP contribution < -0.4 is 4.74 Å². The van der Waals surface area contributed by atoms with Crippen molar-refractivity contribution in [2.75, 3.05) is 7.11 Å². The first-order valence-corrected chi connectivity index (χ1v) is 7.59. The third-order valence-corrected chi connectivity index (χ3v) is 4.53. The second kappa shape index (κ2) is 5.74. The SMILES string of the molecule is COc1c(C(C)(O)c2ccc(I)cc2)ccc(C)c1C. The van der Waals surface area contributed by atoms with Crippen molar-refractivity contribution >= 4 is 22.6 Å². The van der Waals surface area contributed by atoms with E-state index in [1.165, 1.54) is 0 Å². The van der Waals surface area contributed by atoms with Gasteiger partial charge in [-0.2, -0.15) is 0 Å². The van der Waals surface area contributed by atoms with Crippen LogP contribution in [0.4, 0.5) is 0 Å². The van der Waals surface area contributed by atoms with Gasteiger partial charge in [-0.25, -0.2) is 0 Å². The predicted octanol–water partition coefficient (Wildman–Crippen LogP) is 4.17. The van der Waals surface area contributed by atoms with Crippen molar-refractivity contribution in [2.24, 2.45) is 0 Å². The molecule has 1 N–H and O–H groups in total. The number of rotatable bonds is 3. The van der Waals surface area contributed by atoms with Crippen molar-refractivity contribution < 1.29 is 9.84 Å².